The number of anilines is 2. The number of aromatic nitrogens is 4. The van der Waals surface area contributed by atoms with Crippen LogP contribution in [0.25, 0.3) is 5.69 Å². The zero-order chi connectivity index (χ0) is 34.4. The number of nitrogens with zero attached hydrogens (tertiary/aromatic N) is 4. The van der Waals surface area contributed by atoms with Crippen molar-refractivity contribution in [1.82, 2.24) is 20.2 Å². The van der Waals surface area contributed by atoms with Crippen molar-refractivity contribution in [2.24, 2.45) is 0 Å². The highest BCUT2D eigenvalue weighted by atomic mass is 35.5. The number of hydrogen-bond donors (Lipinski definition) is 3. The van der Waals surface area contributed by atoms with Gasteiger partial charge in [-0.05, 0) is 89.8 Å². The lowest BCUT2D eigenvalue weighted by molar-refractivity contribution is -0.123. The molecule has 0 aliphatic rings. The molecule has 14 heteroatoms. The predicted octanol–water partition coefficient (Wildman–Crippen LogP) is 6.48. The summed E-state index contributed by atoms with van der Waals surface area (Å²) < 4.78 is 7.17. The van der Waals surface area contributed by atoms with Gasteiger partial charge in [-0.2, -0.15) is 4.68 Å². The van der Waals surface area contributed by atoms with Crippen molar-refractivity contribution < 1.29 is 24.2 Å². The number of rotatable bonds is 10. The number of ether oxygens (including phenoxy) is 1. The maximum atomic E-state index is 12.8. The van der Waals surface area contributed by atoms with Gasteiger partial charge in [0.1, 0.15) is 12.2 Å². The van der Waals surface area contributed by atoms with Gasteiger partial charge in [0.2, 0.25) is 17.0 Å². The maximum Gasteiger partial charge on any atom is 0.335 e. The Balaban J connectivity index is 1.30. The number of hydrogen-bond acceptors (Lipinski definition) is 8. The fourth-order valence-corrected chi connectivity index (χ4v) is 5.15. The van der Waals surface area contributed by atoms with Crippen molar-refractivity contribution >= 4 is 64.1 Å². The lowest BCUT2D eigenvalue weighted by Crippen LogP contribution is -2.28. The first-order valence-corrected chi connectivity index (χ1v) is 16.0. The van der Waals surface area contributed by atoms with Gasteiger partial charge < -0.3 is 20.5 Å². The molecule has 0 bridgehead atoms. The Morgan fingerprint density at radius 3 is 2.30 bits per heavy atom. The number of carboxylic acid groups (broad SMARTS) is 1. The molecular weight excluding hydrogens is 663 g/mol. The normalized spacial score (nSPS) is 11.4. The number of benzene rings is 3. The van der Waals surface area contributed by atoms with Gasteiger partial charge in [-0.3, -0.25) is 9.59 Å². The van der Waals surface area contributed by atoms with Crippen LogP contribution in [0.4, 0.5) is 11.4 Å². The molecule has 4 aromatic rings. The molecule has 0 saturated heterocycles. The van der Waals surface area contributed by atoms with E-state index in [9.17, 15) is 14.4 Å². The molecule has 0 saturated carbocycles. The van der Waals surface area contributed by atoms with E-state index in [1.54, 1.807) is 32.0 Å². The van der Waals surface area contributed by atoms with Crippen molar-refractivity contribution in [3.63, 3.8) is 0 Å². The Kier molecular flexibility index (Phi) is 11.3. The number of carbonyl (C=O) groups is 3. The molecule has 11 nitrogen and oxygen atoms in total. The van der Waals surface area contributed by atoms with Gasteiger partial charge in [0.05, 0.1) is 32.7 Å². The second-order valence-corrected chi connectivity index (χ2v) is 13.6. The Labute approximate surface area is 286 Å². The van der Waals surface area contributed by atoms with Crippen LogP contribution in [-0.4, -0.2) is 61.1 Å². The first-order chi connectivity index (χ1) is 22.1. The van der Waals surface area contributed by atoms with Gasteiger partial charge in [-0.15, -0.1) is 5.10 Å². The maximum absolute atomic E-state index is 12.8. The average molecular weight is 696 g/mol. The molecule has 0 unspecified atom stereocenters. The van der Waals surface area contributed by atoms with Gasteiger partial charge in [-0.1, -0.05) is 73.6 Å². The van der Waals surface area contributed by atoms with Crippen LogP contribution in [-0.2, 0) is 19.7 Å². The SMILES string of the molecule is CC(C)(C#Cc1ccc(NC(=O)CSc2nnnn2-c2ccc(C(C)(C)C)cc2Cl)c(Cl)c1)OCC(=O)Nc1ccc(C(=O)O)cc1. The fourth-order valence-electron chi connectivity index (χ4n) is 3.97. The first kappa shape index (κ1) is 35.4. The molecule has 1 heterocycles. The smallest absolute Gasteiger partial charge is 0.335 e. The van der Waals surface area contributed by atoms with Crippen molar-refractivity contribution in [2.75, 3.05) is 23.0 Å². The summed E-state index contributed by atoms with van der Waals surface area (Å²) in [5.74, 6) is 4.18. The average Bonchev–Trinajstić information content (AvgIpc) is 3.47. The molecule has 3 aromatic carbocycles. The van der Waals surface area contributed by atoms with E-state index in [2.05, 4.69) is 58.8 Å². The Bertz CT molecular complexity index is 1860. The summed E-state index contributed by atoms with van der Waals surface area (Å²) in [5.41, 5.74) is 2.18. The summed E-state index contributed by atoms with van der Waals surface area (Å²) in [5, 5.41) is 27.4. The molecule has 0 atom stereocenters. The summed E-state index contributed by atoms with van der Waals surface area (Å²) in [6, 6.07) is 16.5. The zero-order valence-electron chi connectivity index (χ0n) is 26.2. The minimum atomic E-state index is -1.05. The second kappa shape index (κ2) is 15.0. The van der Waals surface area contributed by atoms with E-state index in [1.807, 2.05) is 18.2 Å². The van der Waals surface area contributed by atoms with E-state index >= 15 is 0 Å². The molecule has 2 amide bonds. The third-order valence-corrected chi connectivity index (χ3v) is 8.08. The number of carboxylic acids is 1. The van der Waals surface area contributed by atoms with Crippen LogP contribution < -0.4 is 10.6 Å². The van der Waals surface area contributed by atoms with E-state index in [4.69, 9.17) is 33.0 Å². The number of halogens is 2. The minimum absolute atomic E-state index is 0.0166. The zero-order valence-corrected chi connectivity index (χ0v) is 28.5. The lowest BCUT2D eigenvalue weighted by atomic mass is 9.87. The molecule has 244 valence electrons. The Hall–Kier alpha value is -4.41. The van der Waals surface area contributed by atoms with E-state index < -0.39 is 17.5 Å². The van der Waals surface area contributed by atoms with Crippen molar-refractivity contribution in [2.45, 2.75) is 50.8 Å². The monoisotopic (exact) mass is 694 g/mol. The molecule has 0 spiro atoms. The summed E-state index contributed by atoms with van der Waals surface area (Å²) in [6.07, 6.45) is 0. The molecule has 1 aromatic heterocycles. The van der Waals surface area contributed by atoms with E-state index in [1.165, 1.54) is 28.9 Å². The summed E-state index contributed by atoms with van der Waals surface area (Å²) in [6.45, 7) is 9.46. The van der Waals surface area contributed by atoms with E-state index in [0.717, 1.165) is 17.3 Å². The highest BCUT2D eigenvalue weighted by Crippen LogP contribution is 2.30. The number of thioether (sulfide) groups is 1. The minimum Gasteiger partial charge on any atom is -0.478 e. The largest absolute Gasteiger partial charge is 0.478 e. The number of aromatic carboxylic acids is 1. The van der Waals surface area contributed by atoms with Gasteiger partial charge in [-0.25, -0.2) is 4.79 Å². The highest BCUT2D eigenvalue weighted by molar-refractivity contribution is 7.99. The summed E-state index contributed by atoms with van der Waals surface area (Å²) in [7, 11) is 0. The van der Waals surface area contributed by atoms with E-state index in [0.29, 0.717) is 32.8 Å². The number of tetrazole rings is 1. The number of nitrogens with one attached hydrogen (secondary N) is 2. The number of carbonyl (C=O) groups excluding carboxylic acids is 2. The van der Waals surface area contributed by atoms with Crippen LogP contribution in [0.1, 0.15) is 56.1 Å². The van der Waals surface area contributed by atoms with Crippen LogP contribution in [0.15, 0.2) is 65.8 Å². The fraction of sp³-hybridized carbons (Fsp3) is 0.273. The molecular formula is C33H32Cl2N6O5S. The van der Waals surface area contributed by atoms with Crippen molar-refractivity contribution in [3.05, 3.63) is 87.4 Å². The van der Waals surface area contributed by atoms with Crippen LogP contribution in [0.3, 0.4) is 0 Å². The van der Waals surface area contributed by atoms with Gasteiger partial charge in [0, 0.05) is 11.3 Å². The van der Waals surface area contributed by atoms with Gasteiger partial charge in [0.25, 0.3) is 0 Å². The molecule has 4 rings (SSSR count). The van der Waals surface area contributed by atoms with Crippen LogP contribution >= 0.6 is 35.0 Å². The molecule has 3 N–H and O–H groups in total. The van der Waals surface area contributed by atoms with Crippen LogP contribution in [0.2, 0.25) is 10.0 Å². The van der Waals surface area contributed by atoms with Crippen molar-refractivity contribution in [3.8, 4) is 17.5 Å². The highest BCUT2D eigenvalue weighted by Gasteiger charge is 2.20. The van der Waals surface area contributed by atoms with Crippen molar-refractivity contribution in [1.29, 1.82) is 0 Å². The molecule has 47 heavy (non-hydrogen) atoms. The Morgan fingerprint density at radius 2 is 1.66 bits per heavy atom. The third-order valence-electron chi connectivity index (χ3n) is 6.55. The molecule has 0 aliphatic heterocycles. The topological polar surface area (TPSA) is 148 Å². The molecule has 0 radical (unpaired) electrons. The standard InChI is InChI=1S/C33H32Cl2N6O5S/c1-32(2,3)22-9-13-27(25(35)17-22)41-31(38-39-40-41)47-19-29(43)37-26-12-6-20(16-24(26)34)14-15-33(4,5)46-18-28(42)36-23-10-7-21(8-11-23)30(44)45/h6-13,16-17H,18-19H2,1-5H3,(H,36,42)(H,37,43)(H,44,45). The van der Waals surface area contributed by atoms with Gasteiger partial charge in [0.15, 0.2) is 0 Å². The lowest BCUT2D eigenvalue weighted by Gasteiger charge is -2.20. The van der Waals surface area contributed by atoms with Crippen LogP contribution in [0, 0.1) is 11.8 Å². The van der Waals surface area contributed by atoms with Gasteiger partial charge >= 0.3 is 5.97 Å². The molecule has 0 fully saturated rings. The predicted molar refractivity (Wildman–Crippen MR) is 183 cm³/mol. The first-order valence-electron chi connectivity index (χ1n) is 14.2. The summed E-state index contributed by atoms with van der Waals surface area (Å²) >= 11 is 14.1. The molecule has 0 aliphatic carbocycles. The van der Waals surface area contributed by atoms with E-state index in [-0.39, 0.29) is 34.3 Å². The quantitative estimate of drug-likeness (QED) is 0.125. The number of amides is 2. The summed E-state index contributed by atoms with van der Waals surface area (Å²) in [4.78, 5) is 36.0. The Morgan fingerprint density at radius 1 is 0.936 bits per heavy atom. The van der Waals surface area contributed by atoms with Crippen LogP contribution in [0.5, 0.6) is 0 Å². The second-order valence-electron chi connectivity index (χ2n) is 11.8. The third kappa shape index (κ3) is 10.0.